The fourth-order valence-electron chi connectivity index (χ4n) is 0.232. The maximum atomic E-state index is 7.74. The van der Waals surface area contributed by atoms with E-state index in [0.29, 0.717) is 6.54 Å². The van der Waals surface area contributed by atoms with Crippen molar-refractivity contribution in [2.75, 3.05) is 6.54 Å². The lowest BCUT2D eigenvalue weighted by Gasteiger charge is -1.80. The Kier molecular flexibility index (Phi) is 4.79. The van der Waals surface area contributed by atoms with Crippen LogP contribution in [0.4, 0.5) is 0 Å². The topological polar surface area (TPSA) is 48.8 Å². The number of hydrogen-bond acceptors (Lipinski definition) is 1. The number of azide groups is 1. The summed E-state index contributed by atoms with van der Waals surface area (Å²) in [5, 5.41) is 3.31. The minimum Gasteiger partial charge on any atom is -0.0940 e. The molecule has 0 aliphatic carbocycles. The first kappa shape index (κ1) is 6.31. The highest BCUT2D eigenvalue weighted by molar-refractivity contribution is 4.57. The van der Waals surface area contributed by atoms with Gasteiger partial charge in [-0.2, -0.15) is 0 Å². The average Bonchev–Trinajstić information content (AvgIpc) is 1.69. The summed E-state index contributed by atoms with van der Waals surface area (Å²) in [5.41, 5.74) is 7.74. The Morgan fingerprint density at radius 2 is 2.57 bits per heavy atom. The third kappa shape index (κ3) is 5.31. The first-order valence-corrected chi connectivity index (χ1v) is 2.20. The quantitative estimate of drug-likeness (QED) is 0.224. The molecule has 3 heteroatoms. The van der Waals surface area contributed by atoms with Crippen LogP contribution in [0.25, 0.3) is 10.4 Å². The van der Waals surface area contributed by atoms with Crippen LogP contribution < -0.4 is 0 Å². The minimum absolute atomic E-state index is 0.590. The first-order chi connectivity index (χ1) is 3.41. The standard InChI is InChI=1S/C4H8N3/c1-2-3-4-6-7-5/h2H,3-4H2,1H3. The van der Waals surface area contributed by atoms with Gasteiger partial charge in [-0.25, -0.2) is 0 Å². The molecular formula is C4H8N3. The number of nitrogens with zero attached hydrogens (tertiary/aromatic N) is 3. The van der Waals surface area contributed by atoms with E-state index in [2.05, 4.69) is 10.0 Å². The molecule has 1 radical (unpaired) electrons. The maximum absolute atomic E-state index is 7.74. The Bertz CT molecular complexity index is 73.0. The van der Waals surface area contributed by atoms with E-state index >= 15 is 0 Å². The molecule has 0 N–H and O–H groups in total. The van der Waals surface area contributed by atoms with E-state index in [1.807, 2.05) is 13.3 Å². The predicted molar refractivity (Wildman–Crippen MR) is 28.6 cm³/mol. The van der Waals surface area contributed by atoms with E-state index in [1.165, 1.54) is 0 Å². The molecule has 0 bridgehead atoms. The van der Waals surface area contributed by atoms with Gasteiger partial charge in [-0.15, -0.1) is 0 Å². The van der Waals surface area contributed by atoms with E-state index in [-0.39, 0.29) is 0 Å². The Morgan fingerprint density at radius 3 is 3.00 bits per heavy atom. The number of hydrogen-bond donors (Lipinski definition) is 0. The third-order valence-electron chi connectivity index (χ3n) is 0.581. The van der Waals surface area contributed by atoms with Crippen LogP contribution in [0.2, 0.25) is 0 Å². The third-order valence-corrected chi connectivity index (χ3v) is 0.581. The molecule has 0 fully saturated rings. The highest BCUT2D eigenvalue weighted by Crippen LogP contribution is 1.83. The zero-order valence-corrected chi connectivity index (χ0v) is 4.33. The van der Waals surface area contributed by atoms with Gasteiger partial charge in [-0.1, -0.05) is 12.0 Å². The molecule has 0 heterocycles. The van der Waals surface area contributed by atoms with Crippen LogP contribution in [0.15, 0.2) is 5.11 Å². The van der Waals surface area contributed by atoms with Gasteiger partial charge in [-0.3, -0.25) is 0 Å². The van der Waals surface area contributed by atoms with Crippen molar-refractivity contribution in [2.24, 2.45) is 5.11 Å². The molecule has 3 nitrogen and oxygen atoms in total. The number of unbranched alkanes of at least 4 members (excludes halogenated alkanes) is 1. The van der Waals surface area contributed by atoms with E-state index < -0.39 is 0 Å². The molecule has 0 aromatic heterocycles. The summed E-state index contributed by atoms with van der Waals surface area (Å²) in [6.07, 6.45) is 2.85. The van der Waals surface area contributed by atoms with Crippen LogP contribution in [-0.2, 0) is 0 Å². The fraction of sp³-hybridized carbons (Fsp3) is 0.750. The average molecular weight is 98.1 g/mol. The Balaban J connectivity index is 2.83. The summed E-state index contributed by atoms with van der Waals surface area (Å²) in [6.45, 7) is 2.53. The second-order valence-corrected chi connectivity index (χ2v) is 1.15. The molecule has 7 heavy (non-hydrogen) atoms. The van der Waals surface area contributed by atoms with Gasteiger partial charge in [0.25, 0.3) is 0 Å². The van der Waals surface area contributed by atoms with Crippen LogP contribution in [0.3, 0.4) is 0 Å². The van der Waals surface area contributed by atoms with E-state index in [9.17, 15) is 0 Å². The van der Waals surface area contributed by atoms with Crippen LogP contribution in [-0.4, -0.2) is 6.54 Å². The summed E-state index contributed by atoms with van der Waals surface area (Å²) in [4.78, 5) is 2.58. The molecule has 39 valence electrons. The smallest absolute Gasteiger partial charge is 0.0260 e. The fourth-order valence-corrected chi connectivity index (χ4v) is 0.232. The van der Waals surface area contributed by atoms with Crippen molar-refractivity contribution in [1.29, 1.82) is 0 Å². The zero-order chi connectivity index (χ0) is 5.54. The van der Waals surface area contributed by atoms with Gasteiger partial charge in [-0.05, 0) is 18.4 Å². The maximum Gasteiger partial charge on any atom is 0.0260 e. The lowest BCUT2D eigenvalue weighted by molar-refractivity contribution is 0.935. The minimum atomic E-state index is 0.590. The highest BCUT2D eigenvalue weighted by atomic mass is 15.1. The summed E-state index contributed by atoms with van der Waals surface area (Å²) < 4.78 is 0. The molecule has 0 aliphatic heterocycles. The van der Waals surface area contributed by atoms with Gasteiger partial charge in [0.15, 0.2) is 0 Å². The van der Waals surface area contributed by atoms with Gasteiger partial charge >= 0.3 is 0 Å². The molecule has 0 aromatic rings. The molecule has 0 rings (SSSR count). The highest BCUT2D eigenvalue weighted by Gasteiger charge is 1.74. The van der Waals surface area contributed by atoms with Crippen LogP contribution in [0.5, 0.6) is 0 Å². The molecule has 0 atom stereocenters. The van der Waals surface area contributed by atoms with Crippen LogP contribution in [0.1, 0.15) is 13.3 Å². The molecular weight excluding hydrogens is 90.1 g/mol. The first-order valence-electron chi connectivity index (χ1n) is 2.20. The van der Waals surface area contributed by atoms with Crippen molar-refractivity contribution >= 4 is 0 Å². The lowest BCUT2D eigenvalue weighted by atomic mass is 10.3. The second-order valence-electron chi connectivity index (χ2n) is 1.15. The lowest BCUT2D eigenvalue weighted by Crippen LogP contribution is -1.73. The van der Waals surface area contributed by atoms with Crippen molar-refractivity contribution < 1.29 is 0 Å². The molecule has 0 saturated heterocycles. The SMILES string of the molecule is C[CH]CCN=[N+]=[N-]. The molecule has 0 amide bonds. The normalized spacial score (nSPS) is 7.57. The van der Waals surface area contributed by atoms with Crippen LogP contribution >= 0.6 is 0 Å². The van der Waals surface area contributed by atoms with Crippen molar-refractivity contribution in [3.8, 4) is 0 Å². The second kappa shape index (κ2) is 5.31. The largest absolute Gasteiger partial charge is 0.0940 e. The summed E-state index contributed by atoms with van der Waals surface area (Å²) >= 11 is 0. The van der Waals surface area contributed by atoms with Crippen molar-refractivity contribution in [1.82, 2.24) is 0 Å². The van der Waals surface area contributed by atoms with Gasteiger partial charge in [0, 0.05) is 11.5 Å². The molecule has 0 aromatic carbocycles. The van der Waals surface area contributed by atoms with Crippen LogP contribution in [0, 0.1) is 6.42 Å². The molecule has 0 spiro atoms. The Morgan fingerprint density at radius 1 is 1.86 bits per heavy atom. The Labute approximate surface area is 43.0 Å². The van der Waals surface area contributed by atoms with E-state index in [1.54, 1.807) is 0 Å². The van der Waals surface area contributed by atoms with E-state index in [0.717, 1.165) is 6.42 Å². The number of rotatable bonds is 3. The van der Waals surface area contributed by atoms with Gasteiger partial charge in [0.1, 0.15) is 0 Å². The van der Waals surface area contributed by atoms with Gasteiger partial charge in [0.05, 0.1) is 0 Å². The molecule has 0 aliphatic rings. The van der Waals surface area contributed by atoms with E-state index in [4.69, 9.17) is 5.53 Å². The summed E-state index contributed by atoms with van der Waals surface area (Å²) in [5.74, 6) is 0. The molecule has 0 unspecified atom stereocenters. The Hall–Kier alpha value is -0.690. The molecule has 0 saturated carbocycles. The van der Waals surface area contributed by atoms with Crippen molar-refractivity contribution in [3.63, 3.8) is 0 Å². The van der Waals surface area contributed by atoms with Gasteiger partial charge in [0.2, 0.25) is 0 Å². The monoisotopic (exact) mass is 98.1 g/mol. The summed E-state index contributed by atoms with van der Waals surface area (Å²) in [7, 11) is 0. The summed E-state index contributed by atoms with van der Waals surface area (Å²) in [6, 6.07) is 0. The van der Waals surface area contributed by atoms with Crippen molar-refractivity contribution in [3.05, 3.63) is 16.9 Å². The van der Waals surface area contributed by atoms with Crippen molar-refractivity contribution in [2.45, 2.75) is 13.3 Å². The zero-order valence-electron chi connectivity index (χ0n) is 4.33. The predicted octanol–water partition coefficient (Wildman–Crippen LogP) is 1.91. The van der Waals surface area contributed by atoms with Gasteiger partial charge < -0.3 is 0 Å².